The number of hydrogen-bond donors (Lipinski definition) is 0. The van der Waals surface area contributed by atoms with Gasteiger partial charge in [0.1, 0.15) is 6.54 Å². The Hall–Kier alpha value is -2.24. The summed E-state index contributed by atoms with van der Waals surface area (Å²) in [5.74, 6) is 0.461. The number of rotatable bonds is 3. The molecule has 15 heavy (non-hydrogen) atoms. The van der Waals surface area contributed by atoms with Crippen molar-refractivity contribution in [2.24, 2.45) is 5.18 Å². The van der Waals surface area contributed by atoms with E-state index in [0.29, 0.717) is 5.82 Å². The van der Waals surface area contributed by atoms with Gasteiger partial charge in [0.2, 0.25) is 5.82 Å². The van der Waals surface area contributed by atoms with Crippen LogP contribution in [-0.2, 0) is 6.54 Å². The highest BCUT2D eigenvalue weighted by Gasteiger charge is 2.01. The summed E-state index contributed by atoms with van der Waals surface area (Å²) in [6.07, 6.45) is 1.27. The average molecular weight is 201 g/mol. The van der Waals surface area contributed by atoms with Gasteiger partial charge in [-0.1, -0.05) is 29.4 Å². The summed E-state index contributed by atoms with van der Waals surface area (Å²) < 4.78 is 0. The maximum absolute atomic E-state index is 10.0. The van der Waals surface area contributed by atoms with Crippen LogP contribution in [0.4, 0.5) is 0 Å². The van der Waals surface area contributed by atoms with Gasteiger partial charge in [0.25, 0.3) is 0 Å². The first-order valence-corrected chi connectivity index (χ1v) is 4.29. The molecule has 0 bridgehead atoms. The average Bonchev–Trinajstić information content (AvgIpc) is 2.32. The van der Waals surface area contributed by atoms with Crippen LogP contribution < -0.4 is 0 Å². The van der Waals surface area contributed by atoms with E-state index in [-0.39, 0.29) is 6.54 Å². The lowest BCUT2D eigenvalue weighted by Crippen LogP contribution is -1.93. The number of nitroso groups, excluding NO2 is 1. The summed E-state index contributed by atoms with van der Waals surface area (Å²) in [6, 6.07) is 7.21. The molecular formula is C9H7N5O. The Bertz CT molecular complexity index is 442. The summed E-state index contributed by atoms with van der Waals surface area (Å²) in [6.45, 7) is 0.173. The maximum atomic E-state index is 10.0. The van der Waals surface area contributed by atoms with Crippen LogP contribution in [0.25, 0.3) is 11.4 Å². The summed E-state index contributed by atoms with van der Waals surface area (Å²) in [5, 5.41) is 17.7. The van der Waals surface area contributed by atoms with Crippen LogP contribution in [0.15, 0.2) is 35.8 Å². The van der Waals surface area contributed by atoms with Crippen LogP contribution in [0.5, 0.6) is 0 Å². The van der Waals surface area contributed by atoms with Crippen LogP contribution in [0.2, 0.25) is 0 Å². The Labute approximate surface area is 85.4 Å². The molecule has 0 aliphatic rings. The van der Waals surface area contributed by atoms with Crippen molar-refractivity contribution < 1.29 is 0 Å². The lowest BCUT2D eigenvalue weighted by molar-refractivity contribution is 0.864. The van der Waals surface area contributed by atoms with E-state index in [2.05, 4.69) is 25.6 Å². The molecular weight excluding hydrogens is 194 g/mol. The van der Waals surface area contributed by atoms with E-state index >= 15 is 0 Å². The van der Waals surface area contributed by atoms with Crippen molar-refractivity contribution in [1.82, 2.24) is 20.4 Å². The summed E-state index contributed by atoms with van der Waals surface area (Å²) in [4.78, 5) is 10.0. The summed E-state index contributed by atoms with van der Waals surface area (Å²) in [7, 11) is 0. The van der Waals surface area contributed by atoms with Crippen molar-refractivity contribution in [1.29, 1.82) is 0 Å². The van der Waals surface area contributed by atoms with Crippen LogP contribution in [0.1, 0.15) is 5.56 Å². The lowest BCUT2D eigenvalue weighted by atomic mass is 10.1. The molecule has 0 aliphatic carbocycles. The molecule has 0 atom stereocenters. The fourth-order valence-corrected chi connectivity index (χ4v) is 1.15. The standard InChI is InChI=1S/C9H7N5O/c15-12-5-7-1-3-8(4-2-7)9-13-10-6-11-14-9/h1-4,6H,5H2. The van der Waals surface area contributed by atoms with Gasteiger partial charge in [-0.05, 0) is 5.56 Å². The van der Waals surface area contributed by atoms with Gasteiger partial charge in [-0.25, -0.2) is 0 Å². The highest BCUT2D eigenvalue weighted by atomic mass is 16.3. The lowest BCUT2D eigenvalue weighted by Gasteiger charge is -1.98. The monoisotopic (exact) mass is 201 g/mol. The second-order valence-corrected chi connectivity index (χ2v) is 2.85. The van der Waals surface area contributed by atoms with Crippen molar-refractivity contribution in [2.45, 2.75) is 6.54 Å². The molecule has 74 valence electrons. The number of aromatic nitrogens is 4. The van der Waals surface area contributed by atoms with Gasteiger partial charge in [0.05, 0.1) is 0 Å². The third-order valence-corrected chi connectivity index (χ3v) is 1.87. The summed E-state index contributed by atoms with van der Waals surface area (Å²) in [5.41, 5.74) is 1.66. The number of hydrogen-bond acceptors (Lipinski definition) is 6. The third-order valence-electron chi connectivity index (χ3n) is 1.87. The fourth-order valence-electron chi connectivity index (χ4n) is 1.15. The van der Waals surface area contributed by atoms with E-state index < -0.39 is 0 Å². The van der Waals surface area contributed by atoms with Gasteiger partial charge in [0, 0.05) is 5.56 Å². The Kier molecular flexibility index (Phi) is 2.68. The van der Waals surface area contributed by atoms with Crippen molar-refractivity contribution in [3.05, 3.63) is 41.1 Å². The zero-order valence-corrected chi connectivity index (χ0v) is 7.74. The molecule has 0 radical (unpaired) electrons. The minimum Gasteiger partial charge on any atom is -0.150 e. The van der Waals surface area contributed by atoms with E-state index in [1.165, 1.54) is 6.33 Å². The fraction of sp³-hybridized carbons (Fsp3) is 0.111. The van der Waals surface area contributed by atoms with E-state index in [1.54, 1.807) is 24.3 Å². The molecule has 0 saturated heterocycles. The third kappa shape index (κ3) is 2.16. The second-order valence-electron chi connectivity index (χ2n) is 2.85. The SMILES string of the molecule is O=NCc1ccc(-c2nncnn2)cc1. The van der Waals surface area contributed by atoms with Gasteiger partial charge < -0.3 is 0 Å². The molecule has 0 spiro atoms. The van der Waals surface area contributed by atoms with Gasteiger partial charge in [0.15, 0.2) is 6.33 Å². The zero-order valence-electron chi connectivity index (χ0n) is 7.74. The second kappa shape index (κ2) is 4.32. The largest absolute Gasteiger partial charge is 0.203 e. The molecule has 0 unspecified atom stereocenters. The van der Waals surface area contributed by atoms with Crippen molar-refractivity contribution in [2.75, 3.05) is 0 Å². The summed E-state index contributed by atoms with van der Waals surface area (Å²) >= 11 is 0. The van der Waals surface area contributed by atoms with Gasteiger partial charge in [-0.3, -0.25) is 0 Å². The van der Waals surface area contributed by atoms with E-state index in [0.717, 1.165) is 11.1 Å². The molecule has 1 aromatic heterocycles. The molecule has 0 amide bonds. The highest BCUT2D eigenvalue weighted by Crippen LogP contribution is 2.13. The molecule has 0 saturated carbocycles. The van der Waals surface area contributed by atoms with E-state index in [9.17, 15) is 4.91 Å². The minimum atomic E-state index is 0.173. The first-order chi connectivity index (χ1) is 7.40. The molecule has 2 rings (SSSR count). The van der Waals surface area contributed by atoms with Crippen molar-refractivity contribution in [3.63, 3.8) is 0 Å². The van der Waals surface area contributed by atoms with Gasteiger partial charge in [-0.2, -0.15) is 4.91 Å². The minimum absolute atomic E-state index is 0.173. The van der Waals surface area contributed by atoms with Crippen LogP contribution in [0, 0.1) is 4.91 Å². The first kappa shape index (κ1) is 9.32. The van der Waals surface area contributed by atoms with Crippen LogP contribution in [-0.4, -0.2) is 20.4 Å². The molecule has 6 nitrogen and oxygen atoms in total. The molecule has 1 aromatic carbocycles. The normalized spacial score (nSPS) is 9.87. The van der Waals surface area contributed by atoms with E-state index in [1.807, 2.05) is 0 Å². The van der Waals surface area contributed by atoms with Crippen LogP contribution >= 0.6 is 0 Å². The molecule has 6 heteroatoms. The Morgan fingerprint density at radius 1 is 1.07 bits per heavy atom. The molecule has 0 fully saturated rings. The first-order valence-electron chi connectivity index (χ1n) is 4.29. The molecule has 0 aliphatic heterocycles. The Morgan fingerprint density at radius 2 is 1.73 bits per heavy atom. The molecule has 0 N–H and O–H groups in total. The highest BCUT2D eigenvalue weighted by molar-refractivity contribution is 5.53. The Balaban J connectivity index is 2.28. The quantitative estimate of drug-likeness (QED) is 0.697. The van der Waals surface area contributed by atoms with E-state index in [4.69, 9.17) is 0 Å². The predicted molar refractivity (Wildman–Crippen MR) is 52.6 cm³/mol. The number of nitrogens with zero attached hydrogens (tertiary/aromatic N) is 5. The van der Waals surface area contributed by atoms with Gasteiger partial charge in [-0.15, -0.1) is 20.4 Å². The van der Waals surface area contributed by atoms with Gasteiger partial charge >= 0.3 is 0 Å². The van der Waals surface area contributed by atoms with Crippen molar-refractivity contribution >= 4 is 0 Å². The molecule has 1 heterocycles. The van der Waals surface area contributed by atoms with Crippen molar-refractivity contribution in [3.8, 4) is 11.4 Å². The number of benzene rings is 1. The topological polar surface area (TPSA) is 81.0 Å². The smallest absolute Gasteiger partial charge is 0.150 e. The molecule has 2 aromatic rings. The zero-order chi connectivity index (χ0) is 10.5. The predicted octanol–water partition coefficient (Wildman–Crippen LogP) is 1.20. The Morgan fingerprint density at radius 3 is 2.33 bits per heavy atom. The maximum Gasteiger partial charge on any atom is 0.203 e. The van der Waals surface area contributed by atoms with Crippen LogP contribution in [0.3, 0.4) is 0 Å².